The highest BCUT2D eigenvalue weighted by Gasteiger charge is 2.26. The van der Waals surface area contributed by atoms with Gasteiger partial charge in [-0.05, 0) is 43.2 Å². The van der Waals surface area contributed by atoms with Gasteiger partial charge in [0.05, 0.1) is 38.6 Å². The second-order valence-electron chi connectivity index (χ2n) is 8.82. The van der Waals surface area contributed by atoms with Crippen molar-refractivity contribution in [1.82, 2.24) is 14.9 Å². The number of aromatic nitrogens is 2. The van der Waals surface area contributed by atoms with Crippen molar-refractivity contribution < 1.29 is 19.0 Å². The van der Waals surface area contributed by atoms with E-state index in [1.807, 2.05) is 29.2 Å². The summed E-state index contributed by atoms with van der Waals surface area (Å²) in [4.78, 5) is 26.1. The number of hydrogen-bond acceptors (Lipinski definition) is 7. The average molecular weight is 478 g/mol. The van der Waals surface area contributed by atoms with Crippen LogP contribution in [0.4, 0.5) is 16.2 Å². The Balaban J connectivity index is 1.22. The van der Waals surface area contributed by atoms with Crippen molar-refractivity contribution in [2.75, 3.05) is 63.8 Å². The number of anilines is 2. The minimum absolute atomic E-state index is 0.0680. The monoisotopic (exact) mass is 477 g/mol. The zero-order valence-corrected chi connectivity index (χ0v) is 20.2. The zero-order chi connectivity index (χ0) is 24.2. The van der Waals surface area contributed by atoms with E-state index in [4.69, 9.17) is 14.2 Å². The molecule has 0 bridgehead atoms. The highest BCUT2D eigenvalue weighted by Crippen LogP contribution is 2.36. The number of amides is 2. The molecule has 1 N–H and O–H groups in total. The Hall–Kier alpha value is -3.59. The van der Waals surface area contributed by atoms with Crippen molar-refractivity contribution in [3.63, 3.8) is 0 Å². The van der Waals surface area contributed by atoms with Crippen molar-refractivity contribution in [3.05, 3.63) is 48.4 Å². The Morgan fingerprint density at radius 2 is 1.66 bits per heavy atom. The number of carbonyl (C=O) groups excluding carboxylic acids is 1. The first-order valence-corrected chi connectivity index (χ1v) is 12.0. The number of methoxy groups -OCH3 is 2. The molecule has 0 aliphatic carbocycles. The Morgan fingerprint density at radius 1 is 0.971 bits per heavy atom. The van der Waals surface area contributed by atoms with E-state index in [2.05, 4.69) is 32.3 Å². The van der Waals surface area contributed by atoms with Crippen LogP contribution in [0.5, 0.6) is 11.5 Å². The molecular formula is C26H31N5O4. The van der Waals surface area contributed by atoms with Crippen molar-refractivity contribution in [2.24, 2.45) is 0 Å². The molecule has 2 aliphatic heterocycles. The number of likely N-dealkylation sites (tertiary alicyclic amines) is 1. The molecule has 0 saturated carbocycles. The van der Waals surface area contributed by atoms with Crippen LogP contribution >= 0.6 is 0 Å². The fraction of sp³-hybridized carbons (Fsp3) is 0.423. The van der Waals surface area contributed by atoms with E-state index >= 15 is 0 Å². The molecule has 0 radical (unpaired) electrons. The van der Waals surface area contributed by atoms with Crippen molar-refractivity contribution >= 4 is 28.3 Å². The summed E-state index contributed by atoms with van der Waals surface area (Å²) in [6, 6.07) is 11.8. The van der Waals surface area contributed by atoms with Crippen LogP contribution in [0.3, 0.4) is 0 Å². The molecule has 3 heterocycles. The predicted molar refractivity (Wildman–Crippen MR) is 135 cm³/mol. The number of carbonyl (C=O) groups is 1. The number of piperidine rings is 1. The van der Waals surface area contributed by atoms with E-state index in [1.54, 1.807) is 20.5 Å². The summed E-state index contributed by atoms with van der Waals surface area (Å²) < 4.78 is 16.3. The van der Waals surface area contributed by atoms with E-state index in [0.717, 1.165) is 67.1 Å². The van der Waals surface area contributed by atoms with Gasteiger partial charge in [0.15, 0.2) is 11.5 Å². The summed E-state index contributed by atoms with van der Waals surface area (Å²) >= 11 is 0. The summed E-state index contributed by atoms with van der Waals surface area (Å²) in [7, 11) is 3.24. The molecule has 5 rings (SSSR count). The lowest BCUT2D eigenvalue weighted by Crippen LogP contribution is -2.40. The largest absolute Gasteiger partial charge is 0.493 e. The first-order chi connectivity index (χ1) is 17.2. The molecule has 2 fully saturated rings. The Morgan fingerprint density at radius 3 is 2.34 bits per heavy atom. The standard InChI is InChI=1S/C26H31N5O4/c1-33-23-15-21-22(16-24(23)34-2)27-17-28-25(21)18-7-9-31(10-8-18)26(32)29-19-3-5-20(6-4-19)30-11-13-35-14-12-30/h3-6,15-18H,7-14H2,1-2H3,(H,29,32). The highest BCUT2D eigenvalue weighted by molar-refractivity contribution is 5.90. The molecule has 2 amide bonds. The summed E-state index contributed by atoms with van der Waals surface area (Å²) in [5.41, 5.74) is 3.78. The van der Waals surface area contributed by atoms with Gasteiger partial charge in [-0.2, -0.15) is 0 Å². The third-order valence-electron chi connectivity index (χ3n) is 6.84. The van der Waals surface area contributed by atoms with E-state index in [9.17, 15) is 4.79 Å². The fourth-order valence-corrected chi connectivity index (χ4v) is 4.86. The number of nitrogens with one attached hydrogen (secondary N) is 1. The van der Waals surface area contributed by atoms with Gasteiger partial charge in [-0.1, -0.05) is 0 Å². The van der Waals surface area contributed by atoms with Gasteiger partial charge >= 0.3 is 6.03 Å². The zero-order valence-electron chi connectivity index (χ0n) is 20.2. The quantitative estimate of drug-likeness (QED) is 0.596. The van der Waals surface area contributed by atoms with Crippen molar-refractivity contribution in [3.8, 4) is 11.5 Å². The lowest BCUT2D eigenvalue weighted by molar-refractivity contribution is 0.122. The van der Waals surface area contributed by atoms with Gasteiger partial charge in [-0.15, -0.1) is 0 Å². The molecule has 0 unspecified atom stereocenters. The van der Waals surface area contributed by atoms with Crippen molar-refractivity contribution in [1.29, 1.82) is 0 Å². The van der Waals surface area contributed by atoms with E-state index in [-0.39, 0.29) is 11.9 Å². The maximum absolute atomic E-state index is 12.9. The molecule has 2 saturated heterocycles. The van der Waals surface area contributed by atoms with Gasteiger partial charge in [0.2, 0.25) is 0 Å². The van der Waals surface area contributed by atoms with Crippen LogP contribution in [0.25, 0.3) is 10.9 Å². The number of fused-ring (bicyclic) bond motifs is 1. The molecule has 1 aromatic heterocycles. The van der Waals surface area contributed by atoms with E-state index in [1.165, 1.54) is 0 Å². The highest BCUT2D eigenvalue weighted by atomic mass is 16.5. The average Bonchev–Trinajstić information content (AvgIpc) is 2.93. The lowest BCUT2D eigenvalue weighted by Gasteiger charge is -2.32. The van der Waals surface area contributed by atoms with Crippen LogP contribution in [0, 0.1) is 0 Å². The minimum atomic E-state index is -0.0680. The topological polar surface area (TPSA) is 89.1 Å². The second kappa shape index (κ2) is 10.4. The molecule has 2 aromatic carbocycles. The SMILES string of the molecule is COc1cc2ncnc(C3CCN(C(=O)Nc4ccc(N5CCOCC5)cc4)CC3)c2cc1OC. The summed E-state index contributed by atoms with van der Waals surface area (Å²) in [6.45, 7) is 4.62. The first kappa shape index (κ1) is 23.2. The van der Waals surface area contributed by atoms with Gasteiger partial charge in [0.1, 0.15) is 6.33 Å². The number of benzene rings is 2. The number of urea groups is 1. The van der Waals surface area contributed by atoms with E-state index in [0.29, 0.717) is 24.6 Å². The molecule has 184 valence electrons. The second-order valence-corrected chi connectivity index (χ2v) is 8.82. The Kier molecular flexibility index (Phi) is 6.85. The van der Waals surface area contributed by atoms with Gasteiger partial charge in [0, 0.05) is 54.9 Å². The smallest absolute Gasteiger partial charge is 0.321 e. The van der Waals surface area contributed by atoms with Crippen molar-refractivity contribution in [2.45, 2.75) is 18.8 Å². The van der Waals surface area contributed by atoms with Crippen LogP contribution < -0.4 is 19.7 Å². The van der Waals surface area contributed by atoms with Gasteiger partial charge in [-0.25, -0.2) is 14.8 Å². The predicted octanol–water partition coefficient (Wildman–Crippen LogP) is 3.90. The fourth-order valence-electron chi connectivity index (χ4n) is 4.86. The van der Waals surface area contributed by atoms with Crippen LogP contribution in [-0.2, 0) is 4.74 Å². The number of hydrogen-bond donors (Lipinski definition) is 1. The molecule has 2 aliphatic rings. The number of ether oxygens (including phenoxy) is 3. The normalized spacial score (nSPS) is 16.9. The molecule has 3 aromatic rings. The number of rotatable bonds is 5. The van der Waals surface area contributed by atoms with Gasteiger partial charge < -0.3 is 29.3 Å². The minimum Gasteiger partial charge on any atom is -0.493 e. The number of morpholine rings is 1. The first-order valence-electron chi connectivity index (χ1n) is 12.0. The molecule has 9 heteroatoms. The van der Waals surface area contributed by atoms with Gasteiger partial charge in [0.25, 0.3) is 0 Å². The third-order valence-corrected chi connectivity index (χ3v) is 6.84. The Bertz CT molecular complexity index is 1170. The van der Waals surface area contributed by atoms with E-state index < -0.39 is 0 Å². The van der Waals surface area contributed by atoms with Crippen LogP contribution in [-0.4, -0.2) is 74.5 Å². The maximum Gasteiger partial charge on any atom is 0.321 e. The molecule has 0 spiro atoms. The summed E-state index contributed by atoms with van der Waals surface area (Å²) in [5, 5.41) is 4.01. The third kappa shape index (κ3) is 4.95. The van der Waals surface area contributed by atoms with Crippen LogP contribution in [0.1, 0.15) is 24.5 Å². The summed E-state index contributed by atoms with van der Waals surface area (Å²) in [6.07, 6.45) is 3.27. The van der Waals surface area contributed by atoms with Crippen LogP contribution in [0.2, 0.25) is 0 Å². The maximum atomic E-state index is 12.9. The summed E-state index contributed by atoms with van der Waals surface area (Å²) in [5.74, 6) is 1.55. The lowest BCUT2D eigenvalue weighted by atomic mass is 9.91. The molecule has 9 nitrogen and oxygen atoms in total. The van der Waals surface area contributed by atoms with Crippen LogP contribution in [0.15, 0.2) is 42.7 Å². The molecular weight excluding hydrogens is 446 g/mol. The molecule has 35 heavy (non-hydrogen) atoms. The molecule has 0 atom stereocenters. The Labute approximate surface area is 205 Å². The van der Waals surface area contributed by atoms with Gasteiger partial charge in [-0.3, -0.25) is 0 Å². The number of nitrogens with zero attached hydrogens (tertiary/aromatic N) is 4.